The van der Waals surface area contributed by atoms with Gasteiger partial charge in [-0.1, -0.05) is 23.4 Å². The minimum Gasteiger partial charge on any atom is -0.361 e. The number of hydrogen-bond acceptors (Lipinski definition) is 3. The molecule has 2 heterocycles. The molecule has 2 aromatic heterocycles. The third-order valence-corrected chi connectivity index (χ3v) is 3.83. The zero-order valence-corrected chi connectivity index (χ0v) is 12.3. The lowest BCUT2D eigenvalue weighted by Crippen LogP contribution is -2.29. The van der Waals surface area contributed by atoms with Crippen molar-refractivity contribution in [3.63, 3.8) is 0 Å². The van der Waals surface area contributed by atoms with Crippen LogP contribution >= 0.6 is 0 Å². The van der Waals surface area contributed by atoms with E-state index in [-0.39, 0.29) is 0 Å². The maximum absolute atomic E-state index is 3.96. The smallest absolute Gasteiger partial charge is 0.0692 e. The van der Waals surface area contributed by atoms with E-state index < -0.39 is 0 Å². The monoisotopic (exact) mass is 283 g/mol. The van der Waals surface area contributed by atoms with E-state index in [1.165, 1.54) is 16.5 Å². The topological polar surface area (TPSA) is 58.5 Å². The van der Waals surface area contributed by atoms with Crippen molar-refractivity contribution < 1.29 is 0 Å². The average Bonchev–Trinajstić information content (AvgIpc) is 3.14. The fourth-order valence-electron chi connectivity index (χ4n) is 2.59. The number of nitrogens with zero attached hydrogens (tertiary/aromatic N) is 3. The first kappa shape index (κ1) is 13.8. The van der Waals surface area contributed by atoms with E-state index in [9.17, 15) is 0 Å². The van der Waals surface area contributed by atoms with Crippen LogP contribution in [0.5, 0.6) is 0 Å². The van der Waals surface area contributed by atoms with Crippen LogP contribution in [-0.4, -0.2) is 32.6 Å². The zero-order chi connectivity index (χ0) is 14.5. The van der Waals surface area contributed by atoms with Crippen molar-refractivity contribution in [2.75, 3.05) is 6.54 Å². The van der Waals surface area contributed by atoms with Crippen LogP contribution in [0.3, 0.4) is 0 Å². The van der Waals surface area contributed by atoms with Gasteiger partial charge in [0.05, 0.1) is 12.7 Å². The van der Waals surface area contributed by atoms with Gasteiger partial charge in [0.1, 0.15) is 0 Å². The summed E-state index contributed by atoms with van der Waals surface area (Å²) in [7, 11) is 0. The summed E-state index contributed by atoms with van der Waals surface area (Å²) in [4.78, 5) is 3.33. The molecule has 0 unspecified atom stereocenters. The normalized spacial score (nSPS) is 12.8. The number of aromatic amines is 1. The Morgan fingerprint density at radius 2 is 2.24 bits per heavy atom. The molecule has 0 bridgehead atoms. The Morgan fingerprint density at radius 1 is 1.33 bits per heavy atom. The lowest BCUT2D eigenvalue weighted by atomic mass is 10.1. The Balaban J connectivity index is 1.46. The minimum absolute atomic E-state index is 0.488. The number of para-hydroxylation sites is 1. The Hall–Kier alpha value is -2.14. The first-order valence-corrected chi connectivity index (χ1v) is 7.45. The van der Waals surface area contributed by atoms with E-state index in [0.717, 1.165) is 25.9 Å². The molecule has 3 rings (SSSR count). The molecule has 0 fully saturated rings. The van der Waals surface area contributed by atoms with E-state index in [2.05, 4.69) is 58.0 Å². The van der Waals surface area contributed by atoms with E-state index in [1.54, 1.807) is 6.20 Å². The van der Waals surface area contributed by atoms with Crippen LogP contribution in [0.4, 0.5) is 0 Å². The van der Waals surface area contributed by atoms with Crippen LogP contribution in [0, 0.1) is 0 Å². The number of hydrogen-bond donors (Lipinski definition) is 2. The van der Waals surface area contributed by atoms with Gasteiger partial charge in [-0.3, -0.25) is 4.68 Å². The van der Waals surface area contributed by atoms with Gasteiger partial charge in [-0.25, -0.2) is 0 Å². The molecule has 21 heavy (non-hydrogen) atoms. The van der Waals surface area contributed by atoms with Crippen molar-refractivity contribution in [3.05, 3.63) is 48.4 Å². The van der Waals surface area contributed by atoms with E-state index in [4.69, 9.17) is 0 Å². The summed E-state index contributed by atoms with van der Waals surface area (Å²) in [6, 6.07) is 8.96. The molecule has 0 amide bonds. The Labute approximate surface area is 124 Å². The second kappa shape index (κ2) is 6.54. The molecule has 2 N–H and O–H groups in total. The second-order valence-corrected chi connectivity index (χ2v) is 5.42. The molecule has 1 aromatic carbocycles. The van der Waals surface area contributed by atoms with Crippen LogP contribution in [0.15, 0.2) is 42.9 Å². The molecular formula is C16H21N5. The highest BCUT2D eigenvalue weighted by atomic mass is 15.4. The second-order valence-electron chi connectivity index (χ2n) is 5.42. The van der Waals surface area contributed by atoms with Gasteiger partial charge in [-0.15, -0.1) is 5.10 Å². The van der Waals surface area contributed by atoms with E-state index in [0.29, 0.717) is 6.04 Å². The van der Waals surface area contributed by atoms with Crippen LogP contribution in [0.1, 0.15) is 18.9 Å². The van der Waals surface area contributed by atoms with Gasteiger partial charge in [-0.2, -0.15) is 0 Å². The molecule has 0 saturated heterocycles. The van der Waals surface area contributed by atoms with E-state index >= 15 is 0 Å². The molecule has 0 aliphatic rings. The highest BCUT2D eigenvalue weighted by Gasteiger charge is 2.06. The number of rotatable bonds is 7. The summed E-state index contributed by atoms with van der Waals surface area (Å²) in [5.41, 5.74) is 2.62. The van der Waals surface area contributed by atoms with Crippen molar-refractivity contribution in [2.24, 2.45) is 0 Å². The van der Waals surface area contributed by atoms with Crippen LogP contribution in [-0.2, 0) is 13.0 Å². The first-order chi connectivity index (χ1) is 10.3. The van der Waals surface area contributed by atoms with Gasteiger partial charge in [0, 0.05) is 35.9 Å². The molecule has 5 nitrogen and oxygen atoms in total. The third-order valence-electron chi connectivity index (χ3n) is 3.83. The molecule has 0 radical (unpaired) electrons. The van der Waals surface area contributed by atoms with Gasteiger partial charge < -0.3 is 10.3 Å². The molecular weight excluding hydrogens is 262 g/mol. The number of H-pyrrole nitrogens is 1. The van der Waals surface area contributed by atoms with Gasteiger partial charge in [0.2, 0.25) is 0 Å². The third kappa shape index (κ3) is 3.49. The lowest BCUT2D eigenvalue weighted by Gasteiger charge is -2.13. The van der Waals surface area contributed by atoms with Gasteiger partial charge in [0.25, 0.3) is 0 Å². The fourth-order valence-corrected chi connectivity index (χ4v) is 2.59. The van der Waals surface area contributed by atoms with E-state index in [1.807, 2.05) is 10.9 Å². The maximum Gasteiger partial charge on any atom is 0.0692 e. The van der Waals surface area contributed by atoms with Gasteiger partial charge in [0.15, 0.2) is 0 Å². The molecule has 0 spiro atoms. The van der Waals surface area contributed by atoms with Crippen LogP contribution in [0.2, 0.25) is 0 Å². The average molecular weight is 283 g/mol. The SMILES string of the molecule is C[C@H](CCc1c[nH]c2ccccc12)NCCn1ccnn1. The molecule has 0 saturated carbocycles. The summed E-state index contributed by atoms with van der Waals surface area (Å²) in [6.07, 6.45) is 7.94. The largest absolute Gasteiger partial charge is 0.361 e. The van der Waals surface area contributed by atoms with Gasteiger partial charge in [-0.05, 0) is 31.4 Å². The predicted molar refractivity (Wildman–Crippen MR) is 84.1 cm³/mol. The molecule has 0 aliphatic heterocycles. The highest BCUT2D eigenvalue weighted by Crippen LogP contribution is 2.19. The summed E-state index contributed by atoms with van der Waals surface area (Å²) < 4.78 is 1.85. The number of benzene rings is 1. The molecule has 110 valence electrons. The Morgan fingerprint density at radius 3 is 3.10 bits per heavy atom. The summed E-state index contributed by atoms with van der Waals surface area (Å²) in [5, 5.41) is 12.6. The Bertz CT molecular complexity index is 671. The summed E-state index contributed by atoms with van der Waals surface area (Å²) in [6.45, 7) is 4.01. The number of fused-ring (bicyclic) bond motifs is 1. The van der Waals surface area contributed by atoms with Crippen molar-refractivity contribution in [1.82, 2.24) is 25.3 Å². The molecule has 5 heteroatoms. The standard InChI is InChI=1S/C16H21N5/c1-13(17-8-10-21-11-9-19-20-21)6-7-14-12-18-16-5-3-2-4-15(14)16/h2-5,9,11-13,17-18H,6-8,10H2,1H3/t13-/m1/s1. The maximum atomic E-state index is 3.96. The van der Waals surface area contributed by atoms with Crippen molar-refractivity contribution in [1.29, 1.82) is 0 Å². The van der Waals surface area contributed by atoms with Crippen molar-refractivity contribution >= 4 is 10.9 Å². The molecule has 3 aromatic rings. The van der Waals surface area contributed by atoms with Crippen molar-refractivity contribution in [3.8, 4) is 0 Å². The first-order valence-electron chi connectivity index (χ1n) is 7.45. The quantitative estimate of drug-likeness (QED) is 0.700. The molecule has 0 aliphatic carbocycles. The van der Waals surface area contributed by atoms with Gasteiger partial charge >= 0.3 is 0 Å². The summed E-state index contributed by atoms with van der Waals surface area (Å²) in [5.74, 6) is 0. The lowest BCUT2D eigenvalue weighted by molar-refractivity contribution is 0.471. The number of nitrogens with one attached hydrogen (secondary N) is 2. The summed E-state index contributed by atoms with van der Waals surface area (Å²) >= 11 is 0. The minimum atomic E-state index is 0.488. The van der Waals surface area contributed by atoms with Crippen LogP contribution < -0.4 is 5.32 Å². The van der Waals surface area contributed by atoms with Crippen LogP contribution in [0.25, 0.3) is 10.9 Å². The fraction of sp³-hybridized carbons (Fsp3) is 0.375. The van der Waals surface area contributed by atoms with Crippen molar-refractivity contribution in [2.45, 2.75) is 32.4 Å². The zero-order valence-electron chi connectivity index (χ0n) is 12.3. The predicted octanol–water partition coefficient (Wildman–Crippen LogP) is 2.37. The highest BCUT2D eigenvalue weighted by molar-refractivity contribution is 5.82. The number of aryl methyl sites for hydroxylation is 1. The Kier molecular flexibility index (Phi) is 4.31. The molecule has 1 atom stereocenters. The number of aromatic nitrogens is 4.